The zero-order chi connectivity index (χ0) is 17.2. The Morgan fingerprint density at radius 3 is 2.70 bits per heavy atom. The van der Waals surface area contributed by atoms with Gasteiger partial charge in [0.15, 0.2) is 0 Å². The van der Waals surface area contributed by atoms with E-state index in [1.807, 2.05) is 6.92 Å². The minimum atomic E-state index is -3.60. The molecule has 1 fully saturated rings. The van der Waals surface area contributed by atoms with Gasteiger partial charge in [0.25, 0.3) is 10.0 Å². The number of nitrogens with one attached hydrogen (secondary N) is 1. The van der Waals surface area contributed by atoms with E-state index in [0.717, 1.165) is 4.88 Å². The number of carboxylic acid groups (broad SMARTS) is 1. The summed E-state index contributed by atoms with van der Waals surface area (Å²) in [6.07, 6.45) is 1.12. The van der Waals surface area contributed by atoms with Crippen LogP contribution in [0, 0.1) is 12.8 Å². The largest absolute Gasteiger partial charge is 0.480 e. The summed E-state index contributed by atoms with van der Waals surface area (Å²) in [5.41, 5.74) is 0. The van der Waals surface area contributed by atoms with Crippen LogP contribution < -0.4 is 5.32 Å². The molecule has 1 aromatic rings. The molecule has 1 aliphatic heterocycles. The number of nitrogens with zero attached hydrogens (tertiary/aromatic N) is 1. The van der Waals surface area contributed by atoms with E-state index >= 15 is 0 Å². The second kappa shape index (κ2) is 6.98. The Hall–Kier alpha value is -1.45. The molecule has 2 unspecified atom stereocenters. The topological polar surface area (TPSA) is 104 Å². The molecule has 0 radical (unpaired) electrons. The lowest BCUT2D eigenvalue weighted by atomic mass is 9.98. The SMILES string of the molecule is Cc1ccc(S(=O)(=O)N2CCCC(C(=O)NC(C)C(=O)O)C2)s1. The molecular formula is C14H20N2O5S2. The van der Waals surface area contributed by atoms with Gasteiger partial charge >= 0.3 is 5.97 Å². The number of hydrogen-bond donors (Lipinski definition) is 2. The van der Waals surface area contributed by atoms with E-state index in [2.05, 4.69) is 5.32 Å². The highest BCUT2D eigenvalue weighted by molar-refractivity contribution is 7.91. The molecule has 0 bridgehead atoms. The molecule has 0 saturated carbocycles. The first-order chi connectivity index (χ1) is 10.7. The summed E-state index contributed by atoms with van der Waals surface area (Å²) in [6, 6.07) is 2.33. The van der Waals surface area contributed by atoms with Crippen LogP contribution in [0.15, 0.2) is 16.3 Å². The molecule has 128 valence electrons. The van der Waals surface area contributed by atoms with E-state index in [4.69, 9.17) is 5.11 Å². The monoisotopic (exact) mass is 360 g/mol. The molecule has 2 N–H and O–H groups in total. The third kappa shape index (κ3) is 4.10. The third-order valence-corrected chi connectivity index (χ3v) is 7.13. The van der Waals surface area contributed by atoms with E-state index in [-0.39, 0.29) is 10.8 Å². The van der Waals surface area contributed by atoms with Crippen LogP contribution in [0.3, 0.4) is 0 Å². The summed E-state index contributed by atoms with van der Waals surface area (Å²) in [4.78, 5) is 23.8. The fourth-order valence-electron chi connectivity index (χ4n) is 2.45. The number of piperidine rings is 1. The maximum atomic E-state index is 12.6. The fraction of sp³-hybridized carbons (Fsp3) is 0.571. The van der Waals surface area contributed by atoms with Gasteiger partial charge in [0, 0.05) is 18.0 Å². The van der Waals surface area contributed by atoms with Crippen LogP contribution in [0.2, 0.25) is 0 Å². The number of carbonyl (C=O) groups excluding carboxylic acids is 1. The second-order valence-electron chi connectivity index (χ2n) is 5.64. The number of aliphatic carboxylic acids is 1. The Balaban J connectivity index is 2.09. The summed E-state index contributed by atoms with van der Waals surface area (Å²) in [6.45, 7) is 3.67. The first-order valence-electron chi connectivity index (χ1n) is 7.31. The van der Waals surface area contributed by atoms with E-state index < -0.39 is 33.9 Å². The Morgan fingerprint density at radius 2 is 2.13 bits per heavy atom. The summed E-state index contributed by atoms with van der Waals surface area (Å²) >= 11 is 1.20. The van der Waals surface area contributed by atoms with Gasteiger partial charge in [-0.25, -0.2) is 8.42 Å². The van der Waals surface area contributed by atoms with Crippen LogP contribution >= 0.6 is 11.3 Å². The minimum Gasteiger partial charge on any atom is -0.480 e. The van der Waals surface area contributed by atoms with Gasteiger partial charge in [-0.1, -0.05) is 0 Å². The van der Waals surface area contributed by atoms with Crippen molar-refractivity contribution in [3.05, 3.63) is 17.0 Å². The summed E-state index contributed by atoms with van der Waals surface area (Å²) in [7, 11) is -3.60. The van der Waals surface area contributed by atoms with Crippen LogP contribution in [0.25, 0.3) is 0 Å². The van der Waals surface area contributed by atoms with Gasteiger partial charge in [-0.05, 0) is 38.8 Å². The molecule has 23 heavy (non-hydrogen) atoms. The molecule has 0 aromatic carbocycles. The highest BCUT2D eigenvalue weighted by Gasteiger charge is 2.34. The predicted octanol–water partition coefficient (Wildman–Crippen LogP) is 1.05. The van der Waals surface area contributed by atoms with E-state index in [0.29, 0.717) is 19.4 Å². The molecule has 0 aliphatic carbocycles. The van der Waals surface area contributed by atoms with Gasteiger partial charge in [-0.3, -0.25) is 9.59 Å². The zero-order valence-corrected chi connectivity index (χ0v) is 14.6. The Morgan fingerprint density at radius 1 is 1.43 bits per heavy atom. The van der Waals surface area contributed by atoms with Crippen molar-refractivity contribution in [2.24, 2.45) is 5.92 Å². The van der Waals surface area contributed by atoms with Crippen molar-refractivity contribution in [2.45, 2.75) is 36.9 Å². The highest BCUT2D eigenvalue weighted by Crippen LogP contribution is 2.28. The lowest BCUT2D eigenvalue weighted by Crippen LogP contribution is -2.48. The molecule has 2 heterocycles. The van der Waals surface area contributed by atoms with E-state index in [9.17, 15) is 18.0 Å². The average molecular weight is 360 g/mol. The third-order valence-electron chi connectivity index (χ3n) is 3.79. The second-order valence-corrected chi connectivity index (χ2v) is 9.09. The predicted molar refractivity (Wildman–Crippen MR) is 85.8 cm³/mol. The molecule has 1 saturated heterocycles. The van der Waals surface area contributed by atoms with Gasteiger partial charge in [0.1, 0.15) is 10.3 Å². The quantitative estimate of drug-likeness (QED) is 0.817. The van der Waals surface area contributed by atoms with Gasteiger partial charge < -0.3 is 10.4 Å². The lowest BCUT2D eigenvalue weighted by molar-refractivity contribution is -0.142. The summed E-state index contributed by atoms with van der Waals surface area (Å²) < 4.78 is 26.8. The van der Waals surface area contributed by atoms with Crippen LogP contribution in [-0.2, 0) is 19.6 Å². The van der Waals surface area contributed by atoms with Gasteiger partial charge in [-0.2, -0.15) is 4.31 Å². The molecule has 2 atom stereocenters. The Labute approximate surface area is 139 Å². The summed E-state index contributed by atoms with van der Waals surface area (Å²) in [5, 5.41) is 11.2. The number of carboxylic acids is 1. The minimum absolute atomic E-state index is 0.0808. The number of aryl methyl sites for hydroxylation is 1. The number of amides is 1. The van der Waals surface area contributed by atoms with Crippen molar-refractivity contribution in [1.82, 2.24) is 9.62 Å². The molecule has 0 spiro atoms. The van der Waals surface area contributed by atoms with Gasteiger partial charge in [0.05, 0.1) is 5.92 Å². The van der Waals surface area contributed by atoms with Gasteiger partial charge in [0.2, 0.25) is 5.91 Å². The Kier molecular flexibility index (Phi) is 5.43. The van der Waals surface area contributed by atoms with Crippen LogP contribution in [0.1, 0.15) is 24.6 Å². The van der Waals surface area contributed by atoms with Crippen molar-refractivity contribution in [1.29, 1.82) is 0 Å². The summed E-state index contributed by atoms with van der Waals surface area (Å²) in [5.74, 6) is -2.06. The van der Waals surface area contributed by atoms with Crippen molar-refractivity contribution in [3.63, 3.8) is 0 Å². The highest BCUT2D eigenvalue weighted by atomic mass is 32.2. The van der Waals surface area contributed by atoms with Crippen molar-refractivity contribution in [2.75, 3.05) is 13.1 Å². The number of hydrogen-bond acceptors (Lipinski definition) is 5. The molecule has 1 aliphatic rings. The average Bonchev–Trinajstić information content (AvgIpc) is 2.94. The first-order valence-corrected chi connectivity index (χ1v) is 9.57. The lowest BCUT2D eigenvalue weighted by Gasteiger charge is -2.31. The molecule has 2 rings (SSSR count). The first kappa shape index (κ1) is 17.9. The maximum absolute atomic E-state index is 12.6. The number of carbonyl (C=O) groups is 2. The fourth-order valence-corrected chi connectivity index (χ4v) is 5.41. The van der Waals surface area contributed by atoms with Crippen molar-refractivity contribution < 1.29 is 23.1 Å². The van der Waals surface area contributed by atoms with Crippen LogP contribution in [0.4, 0.5) is 0 Å². The number of thiophene rings is 1. The number of sulfonamides is 1. The van der Waals surface area contributed by atoms with Crippen molar-refractivity contribution in [3.8, 4) is 0 Å². The standard InChI is InChI=1S/C14H20N2O5S2/c1-9-5-6-12(22-9)23(20,21)16-7-3-4-11(8-16)13(17)15-10(2)14(18)19/h5-6,10-11H,3-4,7-8H2,1-2H3,(H,15,17)(H,18,19). The molecule has 1 amide bonds. The maximum Gasteiger partial charge on any atom is 0.325 e. The Bertz CT molecular complexity index is 698. The molecular weight excluding hydrogens is 340 g/mol. The van der Waals surface area contributed by atoms with E-state index in [1.54, 1.807) is 12.1 Å². The van der Waals surface area contributed by atoms with Crippen LogP contribution in [-0.4, -0.2) is 48.8 Å². The normalized spacial score (nSPS) is 20.9. The molecule has 9 heteroatoms. The van der Waals surface area contributed by atoms with E-state index in [1.165, 1.54) is 22.6 Å². The molecule has 7 nitrogen and oxygen atoms in total. The molecule has 1 aromatic heterocycles. The van der Waals surface area contributed by atoms with Crippen LogP contribution in [0.5, 0.6) is 0 Å². The smallest absolute Gasteiger partial charge is 0.325 e. The van der Waals surface area contributed by atoms with Crippen molar-refractivity contribution >= 4 is 33.2 Å². The number of rotatable bonds is 5. The van der Waals surface area contributed by atoms with Gasteiger partial charge in [-0.15, -0.1) is 11.3 Å². The zero-order valence-electron chi connectivity index (χ0n) is 13.0.